The monoisotopic (exact) mass is 314 g/mol. The summed E-state index contributed by atoms with van der Waals surface area (Å²) >= 11 is 5.07. The quantitative estimate of drug-likeness (QED) is 0.635. The minimum atomic E-state index is -0.926. The van der Waals surface area contributed by atoms with Gasteiger partial charge in [-0.2, -0.15) is 0 Å². The smallest absolute Gasteiger partial charge is 0.449 e. The molecule has 0 saturated carbocycles. The fourth-order valence-corrected chi connectivity index (χ4v) is 2.02. The molecule has 0 N–H and O–H groups in total. The van der Waals surface area contributed by atoms with Gasteiger partial charge in [0.05, 0.1) is 11.2 Å². The lowest BCUT2D eigenvalue weighted by Gasteiger charge is -2.32. The highest BCUT2D eigenvalue weighted by Crippen LogP contribution is 2.36. The first kappa shape index (κ1) is 16.3. The van der Waals surface area contributed by atoms with E-state index in [1.54, 1.807) is 12.1 Å². The highest BCUT2D eigenvalue weighted by Gasteiger charge is 2.52. The number of rotatable bonds is 3. The van der Waals surface area contributed by atoms with E-state index in [9.17, 15) is 9.18 Å². The van der Waals surface area contributed by atoms with Gasteiger partial charge in [-0.1, -0.05) is 12.1 Å². The molecule has 1 aliphatic heterocycles. The van der Waals surface area contributed by atoms with E-state index in [1.165, 1.54) is 6.07 Å². The summed E-state index contributed by atoms with van der Waals surface area (Å²) < 4.78 is 30.4. The van der Waals surface area contributed by atoms with Crippen LogP contribution in [0.25, 0.3) is 0 Å². The van der Waals surface area contributed by atoms with E-state index in [0.29, 0.717) is 11.0 Å². The summed E-state index contributed by atoms with van der Waals surface area (Å²) in [4.78, 5) is 10.5. The van der Waals surface area contributed by atoms with Gasteiger partial charge in [-0.25, -0.2) is 9.18 Å². The number of hydrogen-bond donors (Lipinski definition) is 0. The number of hydrogen-bond acceptors (Lipinski definition) is 4. The van der Waals surface area contributed by atoms with E-state index in [4.69, 9.17) is 20.9 Å². The Kier molecular flexibility index (Phi) is 4.33. The minimum Gasteiger partial charge on any atom is -0.449 e. The van der Waals surface area contributed by atoms with E-state index in [-0.39, 0.29) is 6.61 Å². The van der Waals surface area contributed by atoms with Crippen molar-refractivity contribution in [1.82, 2.24) is 0 Å². The zero-order valence-corrected chi connectivity index (χ0v) is 13.2. The number of benzene rings is 1. The summed E-state index contributed by atoms with van der Waals surface area (Å²) in [6, 6.07) is 4.48. The van der Waals surface area contributed by atoms with Crippen LogP contribution in [0.5, 0.6) is 0 Å². The Balaban J connectivity index is 2.17. The Bertz CT molecular complexity index is 546. The standard InChI is InChI=1S/C14H17BClFO4/c1-13(2)14(3,4)21-15(20-13)10-6-5-9(7-11(10)17)8-19-12(16)18/h5-7H,8H2,1-4H3. The molecule has 1 aliphatic rings. The summed E-state index contributed by atoms with van der Waals surface area (Å²) in [6.45, 7) is 7.53. The number of halogens is 2. The van der Waals surface area contributed by atoms with Gasteiger partial charge in [0.2, 0.25) is 0 Å². The van der Waals surface area contributed by atoms with Crippen molar-refractivity contribution in [3.63, 3.8) is 0 Å². The highest BCUT2D eigenvalue weighted by molar-refractivity contribution is 6.62. The van der Waals surface area contributed by atoms with Gasteiger partial charge in [-0.3, -0.25) is 0 Å². The average molecular weight is 315 g/mol. The highest BCUT2D eigenvalue weighted by atomic mass is 35.5. The second kappa shape index (κ2) is 5.59. The van der Waals surface area contributed by atoms with Crippen molar-refractivity contribution in [2.75, 3.05) is 0 Å². The molecule has 0 amide bonds. The molecule has 0 radical (unpaired) electrons. The van der Waals surface area contributed by atoms with Gasteiger partial charge in [0.25, 0.3) is 0 Å². The topological polar surface area (TPSA) is 44.8 Å². The lowest BCUT2D eigenvalue weighted by Crippen LogP contribution is -2.41. The summed E-state index contributed by atoms with van der Waals surface area (Å²) in [5.41, 5.74) is -1.17. The fraction of sp³-hybridized carbons (Fsp3) is 0.500. The van der Waals surface area contributed by atoms with Crippen LogP contribution in [-0.4, -0.2) is 23.7 Å². The largest absolute Gasteiger partial charge is 0.497 e. The molecule has 21 heavy (non-hydrogen) atoms. The third-order valence-electron chi connectivity index (χ3n) is 3.92. The molecule has 2 rings (SSSR count). The molecule has 1 saturated heterocycles. The Morgan fingerprint density at radius 3 is 2.33 bits per heavy atom. The molecule has 1 fully saturated rings. The maximum atomic E-state index is 14.2. The Morgan fingerprint density at radius 2 is 1.86 bits per heavy atom. The summed E-state index contributed by atoms with van der Waals surface area (Å²) in [6.07, 6.45) is 0. The maximum Gasteiger partial charge on any atom is 0.497 e. The third-order valence-corrected chi connectivity index (χ3v) is 4.03. The second-order valence-electron chi connectivity index (χ2n) is 5.97. The van der Waals surface area contributed by atoms with Gasteiger partial charge < -0.3 is 14.0 Å². The van der Waals surface area contributed by atoms with Gasteiger partial charge in [-0.05, 0) is 39.3 Å². The van der Waals surface area contributed by atoms with Crippen LogP contribution in [0.3, 0.4) is 0 Å². The second-order valence-corrected chi connectivity index (χ2v) is 6.28. The predicted octanol–water partition coefficient (Wildman–Crippen LogP) is 3.00. The van der Waals surface area contributed by atoms with Gasteiger partial charge >= 0.3 is 12.5 Å². The van der Waals surface area contributed by atoms with Crippen LogP contribution >= 0.6 is 11.6 Å². The molecule has 1 aromatic rings. The normalized spacial score (nSPS) is 19.6. The summed E-state index contributed by atoms with van der Waals surface area (Å²) in [5.74, 6) is -0.475. The zero-order chi connectivity index (χ0) is 15.8. The average Bonchev–Trinajstić information content (AvgIpc) is 2.55. The lowest BCUT2D eigenvalue weighted by atomic mass is 9.78. The first-order chi connectivity index (χ1) is 9.62. The molecule has 4 nitrogen and oxygen atoms in total. The van der Waals surface area contributed by atoms with Gasteiger partial charge in [0.1, 0.15) is 12.4 Å². The van der Waals surface area contributed by atoms with Crippen LogP contribution in [0.1, 0.15) is 33.3 Å². The molecule has 0 spiro atoms. The van der Waals surface area contributed by atoms with E-state index in [1.807, 2.05) is 27.7 Å². The molecule has 1 heterocycles. The van der Waals surface area contributed by atoms with Gasteiger partial charge in [0, 0.05) is 17.1 Å². The van der Waals surface area contributed by atoms with Crippen molar-refractivity contribution in [3.05, 3.63) is 29.6 Å². The predicted molar refractivity (Wildman–Crippen MR) is 78.2 cm³/mol. The molecular formula is C14H17BClFO4. The molecule has 0 atom stereocenters. The third kappa shape index (κ3) is 3.39. The van der Waals surface area contributed by atoms with Crippen molar-refractivity contribution in [2.24, 2.45) is 0 Å². The number of ether oxygens (including phenoxy) is 1. The van der Waals surface area contributed by atoms with Crippen LogP contribution in [-0.2, 0) is 20.7 Å². The van der Waals surface area contributed by atoms with Gasteiger partial charge in [0.15, 0.2) is 0 Å². The summed E-state index contributed by atoms with van der Waals surface area (Å²) in [5, 5.41) is 0. The first-order valence-electron chi connectivity index (χ1n) is 6.58. The lowest BCUT2D eigenvalue weighted by molar-refractivity contribution is 0.00578. The van der Waals surface area contributed by atoms with Crippen LogP contribution in [0.4, 0.5) is 9.18 Å². The number of carbonyl (C=O) groups is 1. The minimum absolute atomic E-state index is 0.0805. The van der Waals surface area contributed by atoms with Gasteiger partial charge in [-0.15, -0.1) is 0 Å². The van der Waals surface area contributed by atoms with Crippen molar-refractivity contribution >= 4 is 29.6 Å². The van der Waals surface area contributed by atoms with E-state index in [0.717, 1.165) is 0 Å². The van der Waals surface area contributed by atoms with E-state index in [2.05, 4.69) is 4.74 Å². The Labute approximate surface area is 128 Å². The molecule has 0 aromatic heterocycles. The van der Waals surface area contributed by atoms with Crippen LogP contribution in [0, 0.1) is 5.82 Å². The number of carbonyl (C=O) groups excluding carboxylic acids is 1. The SMILES string of the molecule is CC1(C)OB(c2ccc(COC(=O)Cl)cc2F)OC1(C)C. The van der Waals surface area contributed by atoms with E-state index >= 15 is 0 Å². The first-order valence-corrected chi connectivity index (χ1v) is 6.96. The van der Waals surface area contributed by atoms with Crippen LogP contribution in [0.15, 0.2) is 18.2 Å². The van der Waals surface area contributed by atoms with Crippen LogP contribution in [0.2, 0.25) is 0 Å². The zero-order valence-electron chi connectivity index (χ0n) is 12.4. The molecule has 0 bridgehead atoms. The Hall–Kier alpha value is -1.11. The fourth-order valence-electron chi connectivity index (χ4n) is 1.96. The van der Waals surface area contributed by atoms with E-state index < -0.39 is 29.6 Å². The van der Waals surface area contributed by atoms with Crippen LogP contribution < -0.4 is 5.46 Å². The summed E-state index contributed by atoms with van der Waals surface area (Å²) in [7, 11) is -0.764. The van der Waals surface area contributed by atoms with Crippen molar-refractivity contribution in [1.29, 1.82) is 0 Å². The van der Waals surface area contributed by atoms with Crippen molar-refractivity contribution in [3.8, 4) is 0 Å². The molecule has 0 aliphatic carbocycles. The van der Waals surface area contributed by atoms with Crippen molar-refractivity contribution in [2.45, 2.75) is 45.5 Å². The van der Waals surface area contributed by atoms with Crippen molar-refractivity contribution < 1.29 is 23.2 Å². The molecular weight excluding hydrogens is 297 g/mol. The molecule has 0 unspecified atom stereocenters. The Morgan fingerprint density at radius 1 is 1.29 bits per heavy atom. The maximum absolute atomic E-state index is 14.2. The molecule has 114 valence electrons. The molecule has 1 aromatic carbocycles. The molecule has 7 heteroatoms.